The number of fused-ring (bicyclic) bond motifs is 2. The van der Waals surface area contributed by atoms with Gasteiger partial charge in [-0.25, -0.2) is 4.52 Å². The van der Waals surface area contributed by atoms with Crippen LogP contribution in [0.25, 0.3) is 5.52 Å². The molecule has 3 heterocycles. The molecule has 6 nitrogen and oxygen atoms in total. The number of aromatic nitrogens is 3. The van der Waals surface area contributed by atoms with Gasteiger partial charge in [-0.3, -0.25) is 14.6 Å². The molecule has 0 aliphatic heterocycles. The first kappa shape index (κ1) is 12.0. The van der Waals surface area contributed by atoms with E-state index in [4.69, 9.17) is 4.42 Å². The van der Waals surface area contributed by atoms with Crippen LogP contribution in [0.2, 0.25) is 0 Å². The van der Waals surface area contributed by atoms with E-state index in [1.165, 1.54) is 12.5 Å². The molecule has 0 spiro atoms. The Hall–Kier alpha value is -2.76. The van der Waals surface area contributed by atoms with Gasteiger partial charge in [-0.2, -0.15) is 5.10 Å². The van der Waals surface area contributed by atoms with Crippen LogP contribution in [-0.2, 0) is 6.42 Å². The molecule has 0 aromatic carbocycles. The average Bonchev–Trinajstić information content (AvgIpc) is 3.14. The van der Waals surface area contributed by atoms with Crippen molar-refractivity contribution < 1.29 is 14.0 Å². The second-order valence-corrected chi connectivity index (χ2v) is 5.04. The summed E-state index contributed by atoms with van der Waals surface area (Å²) in [6, 6.07) is 1.63. The van der Waals surface area contributed by atoms with Gasteiger partial charge in [0.25, 0.3) is 0 Å². The number of ketones is 2. The minimum absolute atomic E-state index is 0.168. The van der Waals surface area contributed by atoms with Crippen LogP contribution >= 0.6 is 0 Å². The van der Waals surface area contributed by atoms with Crippen molar-refractivity contribution in [3.05, 3.63) is 54.0 Å². The number of hydrogen-bond acceptors (Lipinski definition) is 5. The SMILES string of the molecule is O=C1c2ccoc2CCC1C(=O)c1cnn2ccncc12. The van der Waals surface area contributed by atoms with Gasteiger partial charge in [0.1, 0.15) is 5.76 Å². The highest BCUT2D eigenvalue weighted by Gasteiger charge is 2.35. The van der Waals surface area contributed by atoms with Crippen LogP contribution in [0, 0.1) is 5.92 Å². The number of rotatable bonds is 2. The second kappa shape index (κ2) is 4.37. The molecule has 1 atom stereocenters. The van der Waals surface area contributed by atoms with E-state index >= 15 is 0 Å². The van der Waals surface area contributed by atoms with Gasteiger partial charge < -0.3 is 4.42 Å². The summed E-state index contributed by atoms with van der Waals surface area (Å²) >= 11 is 0. The van der Waals surface area contributed by atoms with E-state index in [0.29, 0.717) is 35.2 Å². The Morgan fingerprint density at radius 1 is 1.38 bits per heavy atom. The topological polar surface area (TPSA) is 77.5 Å². The molecule has 0 saturated carbocycles. The van der Waals surface area contributed by atoms with Crippen LogP contribution in [0.4, 0.5) is 0 Å². The summed E-state index contributed by atoms with van der Waals surface area (Å²) < 4.78 is 6.84. The summed E-state index contributed by atoms with van der Waals surface area (Å²) in [5.74, 6) is -0.359. The predicted molar refractivity (Wildman–Crippen MR) is 72.2 cm³/mol. The average molecular weight is 281 g/mol. The fourth-order valence-corrected chi connectivity index (χ4v) is 2.81. The summed E-state index contributed by atoms with van der Waals surface area (Å²) in [7, 11) is 0. The normalized spacial score (nSPS) is 17.9. The van der Waals surface area contributed by atoms with Crippen LogP contribution in [0.3, 0.4) is 0 Å². The Morgan fingerprint density at radius 3 is 3.19 bits per heavy atom. The first-order chi connectivity index (χ1) is 10.3. The summed E-state index contributed by atoms with van der Waals surface area (Å²) in [4.78, 5) is 29.1. The van der Waals surface area contributed by atoms with Gasteiger partial charge in [0.15, 0.2) is 11.6 Å². The molecule has 104 valence electrons. The zero-order valence-corrected chi connectivity index (χ0v) is 11.0. The van der Waals surface area contributed by atoms with Crippen molar-refractivity contribution in [3.63, 3.8) is 0 Å². The van der Waals surface area contributed by atoms with E-state index in [1.54, 1.807) is 29.2 Å². The molecular weight excluding hydrogens is 270 g/mol. The summed E-state index contributed by atoms with van der Waals surface area (Å²) in [5, 5.41) is 4.12. The maximum atomic E-state index is 12.7. The number of carbonyl (C=O) groups excluding carboxylic acids is 2. The standard InChI is InChI=1S/C15H11N3O3/c19-14-9-3-6-21-13(9)2-1-10(14)15(20)11-7-17-18-5-4-16-8-12(11)18/h3-8,10H,1-2H2. The third-order valence-electron chi connectivity index (χ3n) is 3.89. The van der Waals surface area contributed by atoms with Gasteiger partial charge in [-0.1, -0.05) is 0 Å². The molecular formula is C15H11N3O3. The molecule has 1 unspecified atom stereocenters. The minimum Gasteiger partial charge on any atom is -0.469 e. The van der Waals surface area contributed by atoms with Gasteiger partial charge in [0.2, 0.25) is 0 Å². The van der Waals surface area contributed by atoms with E-state index in [2.05, 4.69) is 10.1 Å². The van der Waals surface area contributed by atoms with E-state index < -0.39 is 5.92 Å². The molecule has 0 amide bonds. The Labute approximate surface area is 119 Å². The Bertz CT molecular complexity index is 862. The molecule has 0 bridgehead atoms. The number of nitrogens with zero attached hydrogens (tertiary/aromatic N) is 3. The van der Waals surface area contributed by atoms with Gasteiger partial charge in [0, 0.05) is 18.8 Å². The fraction of sp³-hybridized carbons (Fsp3) is 0.200. The van der Waals surface area contributed by atoms with Gasteiger partial charge in [0.05, 0.1) is 41.2 Å². The molecule has 3 aromatic heterocycles. The zero-order chi connectivity index (χ0) is 14.4. The highest BCUT2D eigenvalue weighted by atomic mass is 16.3. The van der Waals surface area contributed by atoms with Crippen molar-refractivity contribution in [2.24, 2.45) is 5.92 Å². The summed E-state index contributed by atoms with van der Waals surface area (Å²) in [5.41, 5.74) is 1.58. The first-order valence-electron chi connectivity index (χ1n) is 6.68. The van der Waals surface area contributed by atoms with Crippen molar-refractivity contribution in [2.45, 2.75) is 12.8 Å². The molecule has 0 fully saturated rings. The molecule has 1 aliphatic carbocycles. The molecule has 3 aromatic rings. The fourth-order valence-electron chi connectivity index (χ4n) is 2.81. The Kier molecular flexibility index (Phi) is 2.50. The van der Waals surface area contributed by atoms with Crippen LogP contribution in [0.15, 0.2) is 41.5 Å². The van der Waals surface area contributed by atoms with Crippen LogP contribution in [-0.4, -0.2) is 26.2 Å². The maximum absolute atomic E-state index is 12.7. The second-order valence-electron chi connectivity index (χ2n) is 5.04. The molecule has 1 aliphatic rings. The van der Waals surface area contributed by atoms with Gasteiger partial charge in [-0.05, 0) is 12.5 Å². The monoisotopic (exact) mass is 281 g/mol. The van der Waals surface area contributed by atoms with Gasteiger partial charge in [-0.15, -0.1) is 0 Å². The Morgan fingerprint density at radius 2 is 2.29 bits per heavy atom. The highest BCUT2D eigenvalue weighted by molar-refractivity contribution is 6.18. The number of Topliss-reactive ketones (excluding diaryl/α,β-unsaturated/α-hetero) is 2. The lowest BCUT2D eigenvalue weighted by Gasteiger charge is -2.18. The van der Waals surface area contributed by atoms with Crippen LogP contribution in [0.5, 0.6) is 0 Å². The molecule has 0 radical (unpaired) electrons. The summed E-state index contributed by atoms with van der Waals surface area (Å²) in [6.07, 6.45) is 8.90. The van der Waals surface area contributed by atoms with Crippen LogP contribution in [0.1, 0.15) is 32.9 Å². The maximum Gasteiger partial charge on any atom is 0.177 e. The van der Waals surface area contributed by atoms with Crippen molar-refractivity contribution in [2.75, 3.05) is 0 Å². The third-order valence-corrected chi connectivity index (χ3v) is 3.89. The Balaban J connectivity index is 1.74. The molecule has 0 N–H and O–H groups in total. The first-order valence-corrected chi connectivity index (χ1v) is 6.68. The predicted octanol–water partition coefficient (Wildman–Crippen LogP) is 1.95. The molecule has 4 rings (SSSR count). The number of furan rings is 1. The lowest BCUT2D eigenvalue weighted by molar-refractivity contribution is 0.0788. The lowest BCUT2D eigenvalue weighted by atomic mass is 9.82. The van der Waals surface area contributed by atoms with Crippen LogP contribution < -0.4 is 0 Å². The molecule has 21 heavy (non-hydrogen) atoms. The molecule has 6 heteroatoms. The highest BCUT2D eigenvalue weighted by Crippen LogP contribution is 2.29. The van der Waals surface area contributed by atoms with Crippen molar-refractivity contribution in [3.8, 4) is 0 Å². The van der Waals surface area contributed by atoms with Crippen molar-refractivity contribution in [1.82, 2.24) is 14.6 Å². The lowest BCUT2D eigenvalue weighted by Crippen LogP contribution is -2.28. The van der Waals surface area contributed by atoms with E-state index in [1.807, 2.05) is 0 Å². The third kappa shape index (κ3) is 1.72. The van der Waals surface area contributed by atoms with E-state index in [0.717, 1.165) is 0 Å². The molecule has 0 saturated heterocycles. The smallest absolute Gasteiger partial charge is 0.177 e. The van der Waals surface area contributed by atoms with E-state index in [9.17, 15) is 9.59 Å². The summed E-state index contributed by atoms with van der Waals surface area (Å²) in [6.45, 7) is 0. The number of aryl methyl sites for hydroxylation is 1. The zero-order valence-electron chi connectivity index (χ0n) is 11.0. The van der Waals surface area contributed by atoms with E-state index in [-0.39, 0.29) is 11.6 Å². The number of hydrogen-bond donors (Lipinski definition) is 0. The number of carbonyl (C=O) groups is 2. The van der Waals surface area contributed by atoms with Gasteiger partial charge >= 0.3 is 0 Å². The largest absolute Gasteiger partial charge is 0.469 e. The van der Waals surface area contributed by atoms with Crippen molar-refractivity contribution in [1.29, 1.82) is 0 Å². The quantitative estimate of drug-likeness (QED) is 0.530. The minimum atomic E-state index is -0.664. The van der Waals surface area contributed by atoms with Crippen molar-refractivity contribution >= 4 is 17.1 Å².